The van der Waals surface area contributed by atoms with Crippen molar-refractivity contribution in [2.75, 3.05) is 33.4 Å². The Bertz CT molecular complexity index is 646. The van der Waals surface area contributed by atoms with Crippen molar-refractivity contribution in [3.8, 4) is 5.88 Å². The summed E-state index contributed by atoms with van der Waals surface area (Å²) in [5.74, 6) is -1.73. The summed E-state index contributed by atoms with van der Waals surface area (Å²) >= 11 is 0. The minimum absolute atomic E-state index is 0.0126. The molecule has 26 heavy (non-hydrogen) atoms. The van der Waals surface area contributed by atoms with Crippen LogP contribution in [0.25, 0.3) is 0 Å². The normalized spacial score (nSPS) is 20.7. The number of rotatable bonds is 6. The van der Waals surface area contributed by atoms with Crippen molar-refractivity contribution >= 4 is 11.9 Å². The number of carboxylic acids is 1. The van der Waals surface area contributed by atoms with Gasteiger partial charge in [-0.2, -0.15) is 13.2 Å². The molecule has 1 aromatic heterocycles. The third kappa shape index (κ3) is 4.84. The van der Waals surface area contributed by atoms with E-state index in [0.29, 0.717) is 19.4 Å². The first-order chi connectivity index (χ1) is 12.2. The maximum atomic E-state index is 12.6. The van der Waals surface area contributed by atoms with Crippen molar-refractivity contribution in [3.05, 3.63) is 23.9 Å². The fourth-order valence-corrected chi connectivity index (χ4v) is 2.87. The lowest BCUT2D eigenvalue weighted by atomic mass is 9.80. The minimum Gasteiger partial charge on any atom is -0.481 e. The molecule has 1 aliphatic rings. The zero-order chi connectivity index (χ0) is 19.4. The molecule has 0 bridgehead atoms. The molecule has 144 valence electrons. The first-order valence-electron chi connectivity index (χ1n) is 7.84. The highest BCUT2D eigenvalue weighted by molar-refractivity contribution is 5.94. The molecule has 2 heterocycles. The largest absolute Gasteiger partial charge is 0.481 e. The monoisotopic (exact) mass is 376 g/mol. The number of piperidine rings is 1. The number of hydrogen-bond acceptors (Lipinski definition) is 5. The van der Waals surface area contributed by atoms with Crippen LogP contribution in [0.2, 0.25) is 0 Å². The lowest BCUT2D eigenvalue weighted by Gasteiger charge is -2.39. The number of alkyl halides is 3. The first-order valence-corrected chi connectivity index (χ1v) is 7.84. The zero-order valence-corrected chi connectivity index (χ0v) is 14.1. The van der Waals surface area contributed by atoms with Gasteiger partial charge in [-0.15, -0.1) is 0 Å². The molecule has 0 radical (unpaired) electrons. The van der Waals surface area contributed by atoms with Crippen LogP contribution in [0.3, 0.4) is 0 Å². The molecule has 2 rings (SSSR count). The molecule has 0 aromatic carbocycles. The van der Waals surface area contributed by atoms with Crippen molar-refractivity contribution < 1.29 is 37.3 Å². The Morgan fingerprint density at radius 1 is 1.38 bits per heavy atom. The van der Waals surface area contributed by atoms with Gasteiger partial charge in [0.25, 0.3) is 5.91 Å². The van der Waals surface area contributed by atoms with Crippen molar-refractivity contribution in [1.29, 1.82) is 0 Å². The molecule has 1 aliphatic heterocycles. The van der Waals surface area contributed by atoms with Gasteiger partial charge < -0.3 is 19.5 Å². The molecule has 0 spiro atoms. The Balaban J connectivity index is 2.07. The van der Waals surface area contributed by atoms with Gasteiger partial charge in [0.05, 0.1) is 12.2 Å². The van der Waals surface area contributed by atoms with E-state index in [0.717, 1.165) is 6.20 Å². The lowest BCUT2D eigenvalue weighted by Crippen LogP contribution is -2.52. The van der Waals surface area contributed by atoms with Crippen molar-refractivity contribution in [2.24, 2.45) is 5.41 Å². The maximum absolute atomic E-state index is 12.6. The van der Waals surface area contributed by atoms with Crippen LogP contribution in [0.1, 0.15) is 23.2 Å². The number of aliphatic carboxylic acids is 1. The summed E-state index contributed by atoms with van der Waals surface area (Å²) in [6.07, 6.45) is -2.48. The van der Waals surface area contributed by atoms with Crippen LogP contribution < -0.4 is 4.74 Å². The summed E-state index contributed by atoms with van der Waals surface area (Å²) in [7, 11) is 1.40. The van der Waals surface area contributed by atoms with Gasteiger partial charge in [-0.3, -0.25) is 9.59 Å². The molecule has 1 unspecified atom stereocenters. The highest BCUT2D eigenvalue weighted by Gasteiger charge is 2.44. The standard InChI is InChI=1S/C16H19F3N2O5/c1-25-9-15(14(23)24)5-2-6-21(8-15)13(22)11-3-4-12(20-7-11)26-10-16(17,18)19/h3-4,7H,2,5-6,8-10H2,1H3,(H,23,24). The number of pyridine rings is 1. The smallest absolute Gasteiger partial charge is 0.422 e. The second-order valence-corrected chi connectivity index (χ2v) is 6.14. The second-order valence-electron chi connectivity index (χ2n) is 6.14. The van der Waals surface area contributed by atoms with E-state index in [2.05, 4.69) is 9.72 Å². The van der Waals surface area contributed by atoms with E-state index < -0.39 is 30.1 Å². The average Bonchev–Trinajstić information content (AvgIpc) is 2.59. The fraction of sp³-hybridized carbons (Fsp3) is 0.562. The number of carbonyl (C=O) groups is 2. The number of methoxy groups -OCH3 is 1. The second kappa shape index (κ2) is 7.90. The molecule has 1 saturated heterocycles. The molecule has 1 amide bonds. The molecule has 1 fully saturated rings. The Morgan fingerprint density at radius 3 is 2.65 bits per heavy atom. The third-order valence-electron chi connectivity index (χ3n) is 4.11. The summed E-state index contributed by atoms with van der Waals surface area (Å²) in [6.45, 7) is -1.13. The molecule has 0 saturated carbocycles. The van der Waals surface area contributed by atoms with Gasteiger partial charge >= 0.3 is 12.1 Å². The van der Waals surface area contributed by atoms with E-state index in [4.69, 9.17) is 4.74 Å². The van der Waals surface area contributed by atoms with E-state index in [1.54, 1.807) is 0 Å². The minimum atomic E-state index is -4.48. The van der Waals surface area contributed by atoms with Crippen LogP contribution in [-0.2, 0) is 9.53 Å². The van der Waals surface area contributed by atoms with E-state index in [1.807, 2.05) is 0 Å². The van der Waals surface area contributed by atoms with E-state index >= 15 is 0 Å². The Hall–Kier alpha value is -2.36. The van der Waals surface area contributed by atoms with E-state index in [1.165, 1.54) is 24.1 Å². The summed E-state index contributed by atoms with van der Waals surface area (Å²) in [5.41, 5.74) is -1.03. The molecule has 10 heteroatoms. The number of carbonyl (C=O) groups excluding carboxylic acids is 1. The van der Waals surface area contributed by atoms with Crippen molar-refractivity contribution in [3.63, 3.8) is 0 Å². The third-order valence-corrected chi connectivity index (χ3v) is 4.11. The van der Waals surface area contributed by atoms with Crippen LogP contribution in [0.15, 0.2) is 18.3 Å². The van der Waals surface area contributed by atoms with Crippen LogP contribution in [-0.4, -0.2) is 66.5 Å². The number of halogens is 3. The summed E-state index contributed by atoms with van der Waals surface area (Å²) in [6, 6.07) is 2.47. The maximum Gasteiger partial charge on any atom is 0.422 e. The van der Waals surface area contributed by atoms with E-state index in [-0.39, 0.29) is 24.6 Å². The number of likely N-dealkylation sites (tertiary alicyclic amines) is 1. The van der Waals surface area contributed by atoms with Gasteiger partial charge in [0.15, 0.2) is 6.61 Å². The Kier molecular flexibility index (Phi) is 6.06. The van der Waals surface area contributed by atoms with Crippen molar-refractivity contribution in [2.45, 2.75) is 19.0 Å². The number of hydrogen-bond donors (Lipinski definition) is 1. The summed E-state index contributed by atoms with van der Waals surface area (Å²) in [5, 5.41) is 9.51. The molecular weight excluding hydrogens is 357 g/mol. The Labute approximate surface area is 147 Å². The summed E-state index contributed by atoms with van der Waals surface area (Å²) in [4.78, 5) is 29.3. The topological polar surface area (TPSA) is 89.0 Å². The highest BCUT2D eigenvalue weighted by atomic mass is 19.4. The van der Waals surface area contributed by atoms with Gasteiger partial charge in [-0.05, 0) is 18.9 Å². The molecule has 1 N–H and O–H groups in total. The predicted octanol–water partition coefficient (Wildman–Crippen LogP) is 1.98. The molecule has 1 aromatic rings. The van der Waals surface area contributed by atoms with Gasteiger partial charge in [0, 0.05) is 32.5 Å². The number of aromatic nitrogens is 1. The van der Waals surface area contributed by atoms with Crippen LogP contribution >= 0.6 is 0 Å². The number of ether oxygens (including phenoxy) is 2. The highest BCUT2D eigenvalue weighted by Crippen LogP contribution is 2.31. The van der Waals surface area contributed by atoms with Crippen molar-refractivity contribution in [1.82, 2.24) is 9.88 Å². The quantitative estimate of drug-likeness (QED) is 0.817. The van der Waals surface area contributed by atoms with Gasteiger partial charge in [-0.25, -0.2) is 4.98 Å². The molecule has 7 nitrogen and oxygen atoms in total. The summed E-state index contributed by atoms with van der Waals surface area (Å²) < 4.78 is 45.9. The number of carboxylic acid groups (broad SMARTS) is 1. The van der Waals surface area contributed by atoms with Gasteiger partial charge in [0.2, 0.25) is 5.88 Å². The molecule has 1 atom stereocenters. The number of amides is 1. The SMILES string of the molecule is COCC1(C(=O)O)CCCN(C(=O)c2ccc(OCC(F)(F)F)nc2)C1. The van der Waals surface area contributed by atoms with Gasteiger partial charge in [0.1, 0.15) is 5.41 Å². The molecule has 0 aliphatic carbocycles. The van der Waals surface area contributed by atoms with Crippen LogP contribution in [0.5, 0.6) is 5.88 Å². The van der Waals surface area contributed by atoms with E-state index in [9.17, 15) is 27.9 Å². The van der Waals surface area contributed by atoms with Gasteiger partial charge in [-0.1, -0.05) is 0 Å². The fourth-order valence-electron chi connectivity index (χ4n) is 2.87. The first kappa shape index (κ1) is 20.0. The van der Waals surface area contributed by atoms with Crippen LogP contribution in [0, 0.1) is 5.41 Å². The van der Waals surface area contributed by atoms with Crippen LogP contribution in [0.4, 0.5) is 13.2 Å². The Morgan fingerprint density at radius 2 is 2.12 bits per heavy atom. The lowest BCUT2D eigenvalue weighted by molar-refractivity contribution is -0.156. The average molecular weight is 376 g/mol. The molecular formula is C16H19F3N2O5. The zero-order valence-electron chi connectivity index (χ0n) is 14.1. The number of nitrogens with zero attached hydrogens (tertiary/aromatic N) is 2. The predicted molar refractivity (Wildman–Crippen MR) is 82.9 cm³/mol.